The fourth-order valence-electron chi connectivity index (χ4n) is 0.793. The maximum absolute atomic E-state index is 8.25. The standard InChI is InChI=1S/C7H9N3O/c1-8-7-6(5-10-11)3-2-4-9-7/h2-5,11H,1H3,(H,8,9)/b10-5+. The van der Waals surface area contributed by atoms with Crippen LogP contribution in [0.2, 0.25) is 0 Å². The summed E-state index contributed by atoms with van der Waals surface area (Å²) in [6.07, 6.45) is 3.00. The molecule has 1 aromatic rings. The van der Waals surface area contributed by atoms with Gasteiger partial charge < -0.3 is 10.5 Å². The van der Waals surface area contributed by atoms with E-state index in [0.29, 0.717) is 5.82 Å². The maximum Gasteiger partial charge on any atom is 0.134 e. The molecule has 0 spiro atoms. The normalized spacial score (nSPS) is 10.3. The van der Waals surface area contributed by atoms with Crippen LogP contribution in [-0.4, -0.2) is 23.5 Å². The van der Waals surface area contributed by atoms with Crippen molar-refractivity contribution in [2.45, 2.75) is 0 Å². The largest absolute Gasteiger partial charge is 0.411 e. The maximum atomic E-state index is 8.25. The minimum Gasteiger partial charge on any atom is -0.411 e. The van der Waals surface area contributed by atoms with Crippen LogP contribution in [0.1, 0.15) is 5.56 Å². The van der Waals surface area contributed by atoms with Crippen molar-refractivity contribution in [3.63, 3.8) is 0 Å². The summed E-state index contributed by atoms with van der Waals surface area (Å²) in [5, 5.41) is 14.0. The fourth-order valence-corrected chi connectivity index (χ4v) is 0.793. The van der Waals surface area contributed by atoms with Crippen molar-refractivity contribution in [1.82, 2.24) is 4.98 Å². The zero-order valence-corrected chi connectivity index (χ0v) is 6.15. The van der Waals surface area contributed by atoms with Crippen LogP contribution < -0.4 is 5.32 Å². The molecule has 4 nitrogen and oxygen atoms in total. The SMILES string of the molecule is CNc1ncccc1/C=N/O. The average Bonchev–Trinajstić information content (AvgIpc) is 2.06. The second-order valence-electron chi connectivity index (χ2n) is 1.94. The second-order valence-corrected chi connectivity index (χ2v) is 1.94. The van der Waals surface area contributed by atoms with Gasteiger partial charge >= 0.3 is 0 Å². The molecule has 0 unspecified atom stereocenters. The zero-order chi connectivity index (χ0) is 8.10. The predicted molar refractivity (Wildman–Crippen MR) is 43.2 cm³/mol. The Kier molecular flexibility index (Phi) is 2.43. The molecule has 0 saturated heterocycles. The van der Waals surface area contributed by atoms with Crippen molar-refractivity contribution in [1.29, 1.82) is 0 Å². The van der Waals surface area contributed by atoms with E-state index in [1.807, 2.05) is 0 Å². The predicted octanol–water partition coefficient (Wildman–Crippen LogP) is 0.931. The van der Waals surface area contributed by atoms with Crippen molar-refractivity contribution >= 4 is 12.0 Å². The fraction of sp³-hybridized carbons (Fsp3) is 0.143. The van der Waals surface area contributed by atoms with Crippen molar-refractivity contribution < 1.29 is 5.21 Å². The third-order valence-corrected chi connectivity index (χ3v) is 1.27. The highest BCUT2D eigenvalue weighted by Gasteiger charge is 1.95. The molecule has 1 heterocycles. The van der Waals surface area contributed by atoms with Crippen LogP contribution in [0.15, 0.2) is 23.5 Å². The molecule has 0 fully saturated rings. The van der Waals surface area contributed by atoms with Crippen molar-refractivity contribution in [2.24, 2.45) is 5.16 Å². The highest BCUT2D eigenvalue weighted by molar-refractivity contribution is 5.85. The van der Waals surface area contributed by atoms with Gasteiger partial charge in [-0.1, -0.05) is 5.16 Å². The highest BCUT2D eigenvalue weighted by Crippen LogP contribution is 2.06. The molecule has 0 bridgehead atoms. The lowest BCUT2D eigenvalue weighted by atomic mass is 10.3. The number of hydrogen-bond acceptors (Lipinski definition) is 4. The Hall–Kier alpha value is -1.58. The summed E-state index contributed by atoms with van der Waals surface area (Å²) in [6, 6.07) is 3.58. The first-order chi connectivity index (χ1) is 5.38. The van der Waals surface area contributed by atoms with E-state index < -0.39 is 0 Å². The second kappa shape index (κ2) is 3.55. The highest BCUT2D eigenvalue weighted by atomic mass is 16.4. The zero-order valence-electron chi connectivity index (χ0n) is 6.15. The van der Waals surface area contributed by atoms with E-state index in [9.17, 15) is 0 Å². The van der Waals surface area contributed by atoms with E-state index in [1.54, 1.807) is 25.4 Å². The Morgan fingerprint density at radius 2 is 2.55 bits per heavy atom. The molecule has 0 aromatic carbocycles. The van der Waals surface area contributed by atoms with E-state index >= 15 is 0 Å². The first-order valence-corrected chi connectivity index (χ1v) is 3.18. The first-order valence-electron chi connectivity index (χ1n) is 3.18. The van der Waals surface area contributed by atoms with Gasteiger partial charge in [0.2, 0.25) is 0 Å². The minimum absolute atomic E-state index is 0.699. The summed E-state index contributed by atoms with van der Waals surface area (Å²) in [5.74, 6) is 0.699. The molecule has 0 aliphatic carbocycles. The number of hydrogen-bond donors (Lipinski definition) is 2. The lowest BCUT2D eigenvalue weighted by molar-refractivity contribution is 0.322. The summed E-state index contributed by atoms with van der Waals surface area (Å²) < 4.78 is 0. The summed E-state index contributed by atoms with van der Waals surface area (Å²) >= 11 is 0. The van der Waals surface area contributed by atoms with Gasteiger partial charge in [0.1, 0.15) is 5.82 Å². The van der Waals surface area contributed by atoms with Crippen LogP contribution in [0, 0.1) is 0 Å². The Labute approximate surface area is 64.6 Å². The van der Waals surface area contributed by atoms with Crippen LogP contribution >= 0.6 is 0 Å². The molecule has 4 heteroatoms. The van der Waals surface area contributed by atoms with Gasteiger partial charge in [0.05, 0.1) is 6.21 Å². The number of anilines is 1. The molecule has 58 valence electrons. The Bertz CT molecular complexity index is 260. The van der Waals surface area contributed by atoms with Crippen LogP contribution in [-0.2, 0) is 0 Å². The van der Waals surface area contributed by atoms with E-state index in [1.165, 1.54) is 6.21 Å². The van der Waals surface area contributed by atoms with E-state index in [4.69, 9.17) is 5.21 Å². The molecule has 0 aliphatic rings. The van der Waals surface area contributed by atoms with Gasteiger partial charge in [-0.3, -0.25) is 0 Å². The lowest BCUT2D eigenvalue weighted by Crippen LogP contribution is -1.96. The van der Waals surface area contributed by atoms with Crippen molar-refractivity contribution in [3.05, 3.63) is 23.9 Å². The smallest absolute Gasteiger partial charge is 0.134 e. The Morgan fingerprint density at radius 1 is 1.73 bits per heavy atom. The van der Waals surface area contributed by atoms with Crippen molar-refractivity contribution in [3.8, 4) is 0 Å². The molecule has 0 saturated carbocycles. The Morgan fingerprint density at radius 3 is 3.18 bits per heavy atom. The van der Waals surface area contributed by atoms with Crippen LogP contribution in [0.5, 0.6) is 0 Å². The topological polar surface area (TPSA) is 57.5 Å². The monoisotopic (exact) mass is 151 g/mol. The van der Waals surface area contributed by atoms with Crippen LogP contribution in [0.3, 0.4) is 0 Å². The van der Waals surface area contributed by atoms with Crippen molar-refractivity contribution in [2.75, 3.05) is 12.4 Å². The van der Waals surface area contributed by atoms with E-state index in [-0.39, 0.29) is 0 Å². The number of oxime groups is 1. The summed E-state index contributed by atoms with van der Waals surface area (Å²) in [5.41, 5.74) is 0.762. The van der Waals surface area contributed by atoms with Gasteiger partial charge in [-0.05, 0) is 12.1 Å². The van der Waals surface area contributed by atoms with Gasteiger partial charge in [0.25, 0.3) is 0 Å². The lowest BCUT2D eigenvalue weighted by Gasteiger charge is -2.00. The van der Waals surface area contributed by atoms with Gasteiger partial charge in [0.15, 0.2) is 0 Å². The summed E-state index contributed by atoms with van der Waals surface area (Å²) in [4.78, 5) is 4.00. The van der Waals surface area contributed by atoms with Gasteiger partial charge in [-0.2, -0.15) is 0 Å². The molecule has 0 aliphatic heterocycles. The number of rotatable bonds is 2. The molecular weight excluding hydrogens is 142 g/mol. The number of aromatic nitrogens is 1. The molecule has 0 atom stereocenters. The summed E-state index contributed by atoms with van der Waals surface area (Å²) in [6.45, 7) is 0. The molecule has 11 heavy (non-hydrogen) atoms. The van der Waals surface area contributed by atoms with Gasteiger partial charge in [-0.15, -0.1) is 0 Å². The third-order valence-electron chi connectivity index (χ3n) is 1.27. The summed E-state index contributed by atoms with van der Waals surface area (Å²) in [7, 11) is 1.76. The molecule has 0 amide bonds. The quantitative estimate of drug-likeness (QED) is 0.375. The van der Waals surface area contributed by atoms with Gasteiger partial charge in [0, 0.05) is 18.8 Å². The number of nitrogens with zero attached hydrogens (tertiary/aromatic N) is 2. The molecular formula is C7H9N3O. The van der Waals surface area contributed by atoms with Gasteiger partial charge in [-0.25, -0.2) is 4.98 Å². The molecule has 1 rings (SSSR count). The van der Waals surface area contributed by atoms with Crippen LogP contribution in [0.25, 0.3) is 0 Å². The van der Waals surface area contributed by atoms with E-state index in [2.05, 4.69) is 15.5 Å². The molecule has 1 aromatic heterocycles. The molecule has 2 N–H and O–H groups in total. The first kappa shape index (κ1) is 7.53. The number of nitrogens with one attached hydrogen (secondary N) is 1. The Balaban J connectivity index is 3.02. The number of pyridine rings is 1. The minimum atomic E-state index is 0.699. The average molecular weight is 151 g/mol. The van der Waals surface area contributed by atoms with Crippen LogP contribution in [0.4, 0.5) is 5.82 Å². The third kappa shape index (κ3) is 1.67. The van der Waals surface area contributed by atoms with E-state index in [0.717, 1.165) is 5.56 Å². The molecule has 0 radical (unpaired) electrons.